The van der Waals surface area contributed by atoms with Gasteiger partial charge in [0.15, 0.2) is 0 Å². The molecular weight excluding hydrogens is 234 g/mol. The first kappa shape index (κ1) is 14.0. The molecule has 0 saturated heterocycles. The van der Waals surface area contributed by atoms with Gasteiger partial charge in [0, 0.05) is 36.4 Å². The third-order valence-corrected chi connectivity index (χ3v) is 4.06. The van der Waals surface area contributed by atoms with Crippen molar-refractivity contribution in [2.75, 3.05) is 13.6 Å². The van der Waals surface area contributed by atoms with Gasteiger partial charge >= 0.3 is 0 Å². The number of rotatable bonds is 5. The van der Waals surface area contributed by atoms with Crippen molar-refractivity contribution in [3.05, 3.63) is 42.2 Å². The average Bonchev–Trinajstić information content (AvgIpc) is 2.47. The van der Waals surface area contributed by atoms with Crippen molar-refractivity contribution in [3.8, 4) is 0 Å². The van der Waals surface area contributed by atoms with Gasteiger partial charge in [-0.2, -0.15) is 0 Å². The number of nitrogens with zero attached hydrogens (tertiary/aromatic N) is 2. The van der Waals surface area contributed by atoms with Gasteiger partial charge in [0.05, 0.1) is 0 Å². The monoisotopic (exact) mass is 257 g/mol. The summed E-state index contributed by atoms with van der Waals surface area (Å²) in [6.45, 7) is 5.05. The van der Waals surface area contributed by atoms with Gasteiger partial charge < -0.3 is 5.73 Å². The van der Waals surface area contributed by atoms with Crippen LogP contribution in [0.1, 0.15) is 31.9 Å². The van der Waals surface area contributed by atoms with Crippen molar-refractivity contribution in [2.24, 2.45) is 5.73 Å². The third-order valence-electron chi connectivity index (χ3n) is 4.06. The highest BCUT2D eigenvalue weighted by Crippen LogP contribution is 2.27. The quantitative estimate of drug-likeness (QED) is 0.895. The van der Waals surface area contributed by atoms with Gasteiger partial charge in [-0.3, -0.25) is 9.88 Å². The van der Waals surface area contributed by atoms with E-state index in [2.05, 4.69) is 49.0 Å². The summed E-state index contributed by atoms with van der Waals surface area (Å²) < 4.78 is 0. The Hall–Kier alpha value is -1.45. The summed E-state index contributed by atoms with van der Waals surface area (Å²) in [5.74, 6) is 0. The van der Waals surface area contributed by atoms with Crippen LogP contribution in [0.4, 0.5) is 0 Å². The Morgan fingerprint density at radius 2 is 2.00 bits per heavy atom. The minimum atomic E-state index is 0.216. The van der Waals surface area contributed by atoms with E-state index in [1.807, 2.05) is 18.5 Å². The Labute approximate surface area is 115 Å². The van der Waals surface area contributed by atoms with Crippen LogP contribution in [-0.2, 0) is 0 Å². The second kappa shape index (κ2) is 6.13. The highest BCUT2D eigenvalue weighted by Gasteiger charge is 2.21. The van der Waals surface area contributed by atoms with Crippen molar-refractivity contribution in [1.29, 1.82) is 0 Å². The van der Waals surface area contributed by atoms with Crippen LogP contribution in [0.15, 0.2) is 36.7 Å². The molecule has 2 unspecified atom stereocenters. The molecule has 2 aromatic rings. The molecule has 0 fully saturated rings. The predicted octanol–water partition coefficient (Wildman–Crippen LogP) is 2.96. The summed E-state index contributed by atoms with van der Waals surface area (Å²) >= 11 is 0. The van der Waals surface area contributed by atoms with Crippen molar-refractivity contribution in [2.45, 2.75) is 32.4 Å². The Bertz CT molecular complexity index is 533. The highest BCUT2D eigenvalue weighted by atomic mass is 15.2. The summed E-state index contributed by atoms with van der Waals surface area (Å²) in [6.07, 6.45) is 4.99. The minimum Gasteiger partial charge on any atom is -0.329 e. The van der Waals surface area contributed by atoms with E-state index in [-0.39, 0.29) is 6.04 Å². The molecule has 2 rings (SSSR count). The Morgan fingerprint density at radius 1 is 1.26 bits per heavy atom. The zero-order valence-corrected chi connectivity index (χ0v) is 12.0. The summed E-state index contributed by atoms with van der Waals surface area (Å²) in [5.41, 5.74) is 7.25. The lowest BCUT2D eigenvalue weighted by atomic mass is 9.99. The second-order valence-corrected chi connectivity index (χ2v) is 5.12. The van der Waals surface area contributed by atoms with E-state index >= 15 is 0 Å². The van der Waals surface area contributed by atoms with Crippen molar-refractivity contribution in [1.82, 2.24) is 9.88 Å². The molecule has 3 heteroatoms. The maximum absolute atomic E-state index is 6.02. The van der Waals surface area contributed by atoms with Gasteiger partial charge in [-0.15, -0.1) is 0 Å². The number of aromatic nitrogens is 1. The maximum Gasteiger partial charge on any atom is 0.0491 e. The molecule has 0 aliphatic rings. The van der Waals surface area contributed by atoms with E-state index in [1.165, 1.54) is 16.3 Å². The lowest BCUT2D eigenvalue weighted by Crippen LogP contribution is -2.36. The molecule has 0 aliphatic heterocycles. The number of benzene rings is 1. The molecule has 2 N–H and O–H groups in total. The normalized spacial score (nSPS) is 14.8. The van der Waals surface area contributed by atoms with E-state index in [0.717, 1.165) is 6.42 Å². The Balaban J connectivity index is 2.46. The molecular formula is C16H23N3. The standard InChI is InChI=1S/C16H23N3/c1-4-12(2)19(3)16(9-17)15-11-18-10-13-7-5-6-8-14(13)15/h5-8,10-12,16H,4,9,17H2,1-3H3. The minimum absolute atomic E-state index is 0.216. The fourth-order valence-electron chi connectivity index (χ4n) is 2.51. The lowest BCUT2D eigenvalue weighted by molar-refractivity contribution is 0.185. The van der Waals surface area contributed by atoms with Gasteiger partial charge in [-0.05, 0) is 31.3 Å². The van der Waals surface area contributed by atoms with Crippen LogP contribution in [0, 0.1) is 0 Å². The van der Waals surface area contributed by atoms with Crippen LogP contribution in [0.3, 0.4) is 0 Å². The van der Waals surface area contributed by atoms with Crippen molar-refractivity contribution < 1.29 is 0 Å². The molecule has 3 nitrogen and oxygen atoms in total. The summed E-state index contributed by atoms with van der Waals surface area (Å²) in [4.78, 5) is 6.72. The highest BCUT2D eigenvalue weighted by molar-refractivity contribution is 5.85. The molecule has 1 aromatic carbocycles. The van der Waals surface area contributed by atoms with E-state index in [9.17, 15) is 0 Å². The molecule has 0 saturated carbocycles. The van der Waals surface area contributed by atoms with Crippen LogP contribution < -0.4 is 5.73 Å². The summed E-state index contributed by atoms with van der Waals surface area (Å²) in [5, 5.41) is 2.43. The predicted molar refractivity (Wildman–Crippen MR) is 81.1 cm³/mol. The van der Waals surface area contributed by atoms with Crippen molar-refractivity contribution in [3.63, 3.8) is 0 Å². The van der Waals surface area contributed by atoms with Crippen LogP contribution in [0.2, 0.25) is 0 Å². The molecule has 0 aliphatic carbocycles. The van der Waals surface area contributed by atoms with E-state index in [0.29, 0.717) is 12.6 Å². The topological polar surface area (TPSA) is 42.1 Å². The summed E-state index contributed by atoms with van der Waals surface area (Å²) in [7, 11) is 2.15. The largest absolute Gasteiger partial charge is 0.329 e. The molecule has 0 spiro atoms. The van der Waals surface area contributed by atoms with Crippen LogP contribution in [-0.4, -0.2) is 29.5 Å². The molecule has 1 aromatic heterocycles. The Kier molecular flexibility index (Phi) is 4.51. The molecule has 0 radical (unpaired) electrons. The zero-order chi connectivity index (χ0) is 13.8. The van der Waals surface area contributed by atoms with Gasteiger partial charge in [0.2, 0.25) is 0 Å². The average molecular weight is 257 g/mol. The van der Waals surface area contributed by atoms with Crippen LogP contribution in [0.25, 0.3) is 10.8 Å². The second-order valence-electron chi connectivity index (χ2n) is 5.12. The first-order valence-corrected chi connectivity index (χ1v) is 6.93. The molecule has 1 heterocycles. The lowest BCUT2D eigenvalue weighted by Gasteiger charge is -2.32. The molecule has 0 amide bonds. The SMILES string of the molecule is CCC(C)N(C)C(CN)c1cncc2ccccc12. The number of nitrogens with two attached hydrogens (primary N) is 1. The third kappa shape index (κ3) is 2.77. The summed E-state index contributed by atoms with van der Waals surface area (Å²) in [6, 6.07) is 9.09. The number of hydrogen-bond acceptors (Lipinski definition) is 3. The van der Waals surface area contributed by atoms with Gasteiger partial charge in [0.1, 0.15) is 0 Å². The number of likely N-dealkylation sites (N-methyl/N-ethyl adjacent to an activating group) is 1. The fourth-order valence-corrected chi connectivity index (χ4v) is 2.51. The maximum atomic E-state index is 6.02. The smallest absolute Gasteiger partial charge is 0.0491 e. The van der Waals surface area contributed by atoms with E-state index < -0.39 is 0 Å². The molecule has 19 heavy (non-hydrogen) atoms. The number of fused-ring (bicyclic) bond motifs is 1. The van der Waals surface area contributed by atoms with Crippen molar-refractivity contribution >= 4 is 10.8 Å². The zero-order valence-electron chi connectivity index (χ0n) is 12.0. The number of hydrogen-bond donors (Lipinski definition) is 1. The molecule has 102 valence electrons. The first-order chi connectivity index (χ1) is 9.19. The van der Waals surface area contributed by atoms with Gasteiger partial charge in [0.25, 0.3) is 0 Å². The first-order valence-electron chi connectivity index (χ1n) is 6.93. The van der Waals surface area contributed by atoms with E-state index in [4.69, 9.17) is 5.73 Å². The fraction of sp³-hybridized carbons (Fsp3) is 0.438. The van der Waals surface area contributed by atoms with Gasteiger partial charge in [-0.25, -0.2) is 0 Å². The number of pyridine rings is 1. The van der Waals surface area contributed by atoms with Crippen LogP contribution in [0.5, 0.6) is 0 Å². The Morgan fingerprint density at radius 3 is 2.68 bits per heavy atom. The molecule has 0 bridgehead atoms. The van der Waals surface area contributed by atoms with Gasteiger partial charge in [-0.1, -0.05) is 31.2 Å². The van der Waals surface area contributed by atoms with E-state index in [1.54, 1.807) is 0 Å². The molecule has 2 atom stereocenters. The van der Waals surface area contributed by atoms with Crippen LogP contribution >= 0.6 is 0 Å².